The number of hydrogen-bond donors (Lipinski definition) is 10. The lowest BCUT2D eigenvalue weighted by molar-refractivity contribution is -0.271. The number of amides is 6. The number of carbonyl (C=O) groups is 9. The van der Waals surface area contributed by atoms with Gasteiger partial charge in [-0.3, -0.25) is 34.2 Å². The van der Waals surface area contributed by atoms with Gasteiger partial charge in [-0.2, -0.15) is 0 Å². The second kappa shape index (κ2) is 36.2. The summed E-state index contributed by atoms with van der Waals surface area (Å²) in [7, 11) is 5.54. The Balaban J connectivity index is 0.882. The average molecular weight is 1480 g/mol. The highest BCUT2D eigenvalue weighted by Crippen LogP contribution is 2.49. The Morgan fingerprint density at radius 3 is 2.34 bits per heavy atom. The second-order valence-corrected chi connectivity index (χ2v) is 26.4. The van der Waals surface area contributed by atoms with Crippen LogP contribution in [0.4, 0.5) is 21.0 Å². The summed E-state index contributed by atoms with van der Waals surface area (Å²) in [6.07, 6.45) is -11.6. The van der Waals surface area contributed by atoms with Crippen LogP contribution < -0.4 is 35.6 Å². The molecule has 4 bridgehead atoms. The number of carboxylic acid groups (broad SMARTS) is 2. The van der Waals surface area contributed by atoms with E-state index in [9.17, 15) is 73.8 Å². The van der Waals surface area contributed by atoms with E-state index in [0.29, 0.717) is 18.5 Å². The third kappa shape index (κ3) is 20.3. The van der Waals surface area contributed by atoms with E-state index in [1.54, 1.807) is 44.2 Å². The van der Waals surface area contributed by atoms with Crippen molar-refractivity contribution >= 4 is 87.6 Å². The Kier molecular flexibility index (Phi) is 28.1. The molecule has 568 valence electrons. The molecule has 4 aliphatic rings. The van der Waals surface area contributed by atoms with Crippen molar-refractivity contribution in [2.75, 3.05) is 71.5 Å². The molecule has 0 saturated carbocycles. The highest BCUT2D eigenvalue weighted by Gasteiger charge is 2.65. The molecule has 3 saturated heterocycles. The molecule has 3 aromatic carbocycles. The molecule has 0 aliphatic carbocycles. The van der Waals surface area contributed by atoms with Crippen LogP contribution in [0.3, 0.4) is 0 Å². The number of esters is 1. The third-order valence-corrected chi connectivity index (χ3v) is 19.0. The number of aliphatic hydroxyl groups is 4. The fraction of sp³-hybridized carbons (Fsp3) is 0.535. The molecule has 104 heavy (non-hydrogen) atoms. The summed E-state index contributed by atoms with van der Waals surface area (Å²) in [5.74, 6) is -6.79. The van der Waals surface area contributed by atoms with Crippen LogP contribution in [-0.4, -0.2) is 234 Å². The van der Waals surface area contributed by atoms with Gasteiger partial charge in [0.2, 0.25) is 29.9 Å². The summed E-state index contributed by atoms with van der Waals surface area (Å²) in [5.41, 5.74) is 0.483. The number of aliphatic carboxylic acids is 2. The van der Waals surface area contributed by atoms with Crippen molar-refractivity contribution in [3.8, 4) is 11.5 Å². The highest BCUT2D eigenvalue weighted by molar-refractivity contribution is 6.35. The van der Waals surface area contributed by atoms with E-state index in [-0.39, 0.29) is 98.5 Å². The predicted octanol–water partition coefficient (Wildman–Crippen LogP) is 4.03. The smallest absolute Gasteiger partial charge is 0.410 e. The first-order valence-electron chi connectivity index (χ1n) is 33.9. The number of hydrogen-bond acceptors (Lipinski definition) is 23. The molecule has 32 nitrogen and oxygen atoms in total. The highest BCUT2D eigenvalue weighted by atomic mass is 35.5. The van der Waals surface area contributed by atoms with Gasteiger partial charge >= 0.3 is 30.1 Å². The van der Waals surface area contributed by atoms with E-state index in [0.717, 1.165) is 33.5 Å². The van der Waals surface area contributed by atoms with Crippen molar-refractivity contribution in [2.24, 2.45) is 5.92 Å². The number of aryl methyl sites for hydroxylation is 2. The van der Waals surface area contributed by atoms with Gasteiger partial charge < -0.3 is 103 Å². The van der Waals surface area contributed by atoms with Gasteiger partial charge in [-0.25, -0.2) is 19.2 Å². The van der Waals surface area contributed by atoms with Gasteiger partial charge in [0.1, 0.15) is 77.4 Å². The van der Waals surface area contributed by atoms with Gasteiger partial charge in [0.05, 0.1) is 63.9 Å². The number of nitrogens with one attached hydrogen (secondary N) is 4. The van der Waals surface area contributed by atoms with E-state index in [2.05, 4.69) is 27.3 Å². The topological polar surface area (TPSA) is 430 Å². The Labute approximate surface area is 604 Å². The number of aliphatic hydroxyl groups excluding tert-OH is 3. The number of carboxylic acids is 2. The number of rotatable bonds is 29. The maximum atomic E-state index is 14.6. The standard InChI is InChI=1S/C71H92ClN7O25/c1-10-44-34-43-15-11-12-16-47(43)79(44)25-22-54(80)74-45(19-21-57(83)84)64(88)73-24-27-98-29-28-97-26-23-55(81)75-46-31-41(18-20-49(46)100-67-61(87)59(85)60(86)62(103-67)65(89)90)37-99-69(93)77(6)40(4)66(91)102-53-35-56(82)78(7)48-32-42(33-50(95-8)58(48)72)30-38(2)14-13-17-52(96-9)71(94)36-51(101-68(92)76-71)39(3)63-70(53,5)104-63/h11-18,20,31-34,39-40,45,51-53,59-63,67,85-87,94H,10,19,21-30,35-37H2,1-9H3,(H,73,88)(H,74,80)(H,75,81)(H,76,92)(H,83,84)(H,89,90)/b17-13+,38-14+/t39-,40+,45-,51+,52-,53+,59+,60+,61-,62+,63+,67?,70-,71+/m1/s1. The van der Waals surface area contributed by atoms with Crippen LogP contribution in [0, 0.1) is 5.92 Å². The quantitative estimate of drug-likeness (QED) is 0.0159. The minimum Gasteiger partial charge on any atom is -0.495 e. The van der Waals surface area contributed by atoms with Gasteiger partial charge in [0, 0.05) is 70.7 Å². The molecule has 6 amide bonds. The molecule has 5 heterocycles. The SMILES string of the molecule is CCc1cc2ccccc2n1CCC(=O)N[C@H](CCC(=O)O)C(=O)NCCOCCOCCC(=O)Nc1cc(COC(=O)N(C)[C@@H](C)C(=O)O[C@H]2CC(=O)N(C)c3cc(cc(OC)c3Cl)C/C(C)=C/C=C/[C@@H](OC)[C@@]3(O)C[C@H](OC(=O)N3)[C@@H](C)[C@@H]3O[C@]23C)ccc1OC1O[C@H](C(=O)O)[C@@H](O)[C@H](O)[C@H]1O. The molecule has 4 aliphatic heterocycles. The fourth-order valence-electron chi connectivity index (χ4n) is 12.5. The van der Waals surface area contributed by atoms with E-state index in [1.165, 1.54) is 58.3 Å². The van der Waals surface area contributed by atoms with Crippen molar-refractivity contribution in [1.82, 2.24) is 25.4 Å². The molecular formula is C71H92ClN7O25. The number of fused-ring (bicyclic) bond motifs is 6. The number of carbonyl (C=O) groups excluding carboxylic acids is 7. The van der Waals surface area contributed by atoms with Crippen LogP contribution >= 0.6 is 11.6 Å². The van der Waals surface area contributed by atoms with Crippen LogP contribution in [0.1, 0.15) is 90.0 Å². The number of halogens is 1. The second-order valence-electron chi connectivity index (χ2n) is 26.1. The monoisotopic (exact) mass is 1480 g/mol. The molecule has 1 unspecified atom stereocenters. The lowest BCUT2D eigenvalue weighted by Gasteiger charge is -2.42. The molecule has 4 aromatic rings. The summed E-state index contributed by atoms with van der Waals surface area (Å²) >= 11 is 6.85. The number of para-hydroxylation sites is 1. The van der Waals surface area contributed by atoms with Crippen LogP contribution in [-0.2, 0) is 97.4 Å². The number of anilines is 2. The Hall–Kier alpha value is -8.96. The number of aromatic nitrogens is 1. The van der Waals surface area contributed by atoms with Crippen LogP contribution in [0.2, 0.25) is 5.02 Å². The lowest BCUT2D eigenvalue weighted by atomic mass is 9.83. The first-order chi connectivity index (χ1) is 49.4. The first kappa shape index (κ1) is 80.7. The van der Waals surface area contributed by atoms with E-state index in [4.69, 9.17) is 59.0 Å². The van der Waals surface area contributed by atoms with Crippen LogP contribution in [0.5, 0.6) is 11.5 Å². The summed E-state index contributed by atoms with van der Waals surface area (Å²) in [5, 5.41) is 74.2. The number of benzene rings is 3. The Morgan fingerprint density at radius 2 is 1.63 bits per heavy atom. The van der Waals surface area contributed by atoms with Gasteiger partial charge in [-0.15, -0.1) is 0 Å². The summed E-state index contributed by atoms with van der Waals surface area (Å²) in [6, 6.07) is 14.7. The molecular weight excluding hydrogens is 1390 g/mol. The van der Waals surface area contributed by atoms with E-state index in [1.807, 2.05) is 42.7 Å². The Morgan fingerprint density at radius 1 is 0.904 bits per heavy atom. The zero-order valence-electron chi connectivity index (χ0n) is 59.2. The maximum Gasteiger partial charge on any atom is 0.410 e. The molecule has 0 radical (unpaired) electrons. The van der Waals surface area contributed by atoms with Gasteiger partial charge in [-0.05, 0) is 92.9 Å². The zero-order chi connectivity index (χ0) is 75.9. The van der Waals surface area contributed by atoms with Crippen molar-refractivity contribution in [2.45, 2.75) is 178 Å². The summed E-state index contributed by atoms with van der Waals surface area (Å²) in [4.78, 5) is 121. The number of alkyl carbamates (subject to hydrolysis) is 1. The van der Waals surface area contributed by atoms with Gasteiger partial charge in [0.25, 0.3) is 0 Å². The average Bonchev–Trinajstić information content (AvgIpc) is 1.57. The molecule has 14 atom stereocenters. The van der Waals surface area contributed by atoms with E-state index < -0.39 is 151 Å². The maximum absolute atomic E-state index is 14.6. The van der Waals surface area contributed by atoms with Gasteiger partial charge in [-0.1, -0.05) is 73.5 Å². The largest absolute Gasteiger partial charge is 0.495 e. The van der Waals surface area contributed by atoms with Gasteiger partial charge in [0.15, 0.2) is 11.8 Å². The molecule has 8 rings (SSSR count). The minimum atomic E-state index is -2.05. The van der Waals surface area contributed by atoms with Crippen LogP contribution in [0.15, 0.2) is 84.5 Å². The molecule has 3 fully saturated rings. The van der Waals surface area contributed by atoms with Crippen LogP contribution in [0.25, 0.3) is 10.9 Å². The summed E-state index contributed by atoms with van der Waals surface area (Å²) in [6.45, 7) is 8.18. The number of methoxy groups -OCH3 is 2. The fourth-order valence-corrected chi connectivity index (χ4v) is 12.8. The Bertz CT molecular complexity index is 3830. The lowest BCUT2D eigenvalue weighted by Crippen LogP contribution is -2.63. The summed E-state index contributed by atoms with van der Waals surface area (Å²) < 4.78 is 59.5. The number of likely N-dealkylation sites (N-methyl/N-ethyl adjacent to an activating group) is 1. The molecule has 0 spiro atoms. The van der Waals surface area contributed by atoms with Crippen molar-refractivity contribution < 1.29 is 121 Å². The van der Waals surface area contributed by atoms with Crippen molar-refractivity contribution in [3.05, 3.63) is 106 Å². The normalized spacial score (nSPS) is 26.2. The number of epoxide rings is 1. The molecule has 10 N–H and O–H groups in total. The minimum absolute atomic E-state index is 0.0000161. The number of nitrogens with zero attached hydrogens (tertiary/aromatic N) is 3. The predicted molar refractivity (Wildman–Crippen MR) is 370 cm³/mol. The van der Waals surface area contributed by atoms with E-state index >= 15 is 0 Å². The first-order valence-corrected chi connectivity index (χ1v) is 34.3. The third-order valence-electron chi connectivity index (χ3n) is 18.7. The molecule has 1 aromatic heterocycles. The molecule has 33 heteroatoms. The van der Waals surface area contributed by atoms with Crippen molar-refractivity contribution in [1.29, 1.82) is 0 Å². The zero-order valence-corrected chi connectivity index (χ0v) is 60.0. The number of allylic oxidation sites excluding steroid dienone is 3. The van der Waals surface area contributed by atoms with Crippen molar-refractivity contribution in [3.63, 3.8) is 0 Å². The number of ether oxygens (including phenoxy) is 10.